The normalized spacial score (nSPS) is 16.4. The van der Waals surface area contributed by atoms with Gasteiger partial charge >= 0.3 is 41.7 Å². The Morgan fingerprint density at radius 3 is 1.14 bits per heavy atom. The minimum Gasteiger partial charge on any atom is -0.286 e. The average molecular weight is 478 g/mol. The van der Waals surface area contributed by atoms with Crippen LogP contribution in [0, 0.1) is 0 Å². The van der Waals surface area contributed by atoms with Gasteiger partial charge in [-0.15, -0.1) is 0 Å². The zero-order chi connectivity index (χ0) is 23.4. The highest BCUT2D eigenvalue weighted by atomic mass is 32.2. The molecule has 0 aliphatic carbocycles. The molecule has 1 N–H and O–H groups in total. The molecule has 0 saturated carbocycles. The maximum absolute atomic E-state index is 13.2. The van der Waals surface area contributed by atoms with Gasteiger partial charge in [0.1, 0.15) is 0 Å². The third-order valence-corrected chi connectivity index (χ3v) is 3.86. The fourth-order valence-electron chi connectivity index (χ4n) is 1.57. The summed E-state index contributed by atoms with van der Waals surface area (Å²) in [5.74, 6) is -34.0. The van der Waals surface area contributed by atoms with E-state index in [0.717, 1.165) is 0 Å². The molecule has 0 bridgehead atoms. The Hall–Kier alpha value is -1.14. The standard InChI is InChI=1S/C9H5F15O3S/c10-3(11,1-2-28(25,26)27)5(13,14)7(17,18)6(15,16)4(12,8(19,20)21)9(22,23)24/h1-2H2,(H,25,26,27). The molecule has 0 aliphatic heterocycles. The number of halogens is 15. The topological polar surface area (TPSA) is 54.4 Å². The largest absolute Gasteiger partial charge is 0.438 e. The Bertz CT molecular complexity index is 660. The molecule has 28 heavy (non-hydrogen) atoms. The summed E-state index contributed by atoms with van der Waals surface area (Å²) in [7, 11) is -5.65. The van der Waals surface area contributed by atoms with Gasteiger partial charge in [0.25, 0.3) is 10.1 Å². The zero-order valence-electron chi connectivity index (χ0n) is 12.3. The first-order valence-electron chi connectivity index (χ1n) is 5.99. The van der Waals surface area contributed by atoms with Crippen molar-refractivity contribution in [2.75, 3.05) is 5.75 Å². The van der Waals surface area contributed by atoms with E-state index in [1.165, 1.54) is 0 Å². The Kier molecular flexibility index (Phi) is 6.42. The molecule has 0 rings (SSSR count). The molecule has 0 heterocycles. The van der Waals surface area contributed by atoms with Gasteiger partial charge in [0, 0.05) is 6.42 Å². The Morgan fingerprint density at radius 2 is 0.893 bits per heavy atom. The van der Waals surface area contributed by atoms with Gasteiger partial charge in [0.15, 0.2) is 0 Å². The Morgan fingerprint density at radius 1 is 0.571 bits per heavy atom. The first-order chi connectivity index (χ1) is 11.7. The van der Waals surface area contributed by atoms with E-state index in [0.29, 0.717) is 0 Å². The molecule has 0 fully saturated rings. The van der Waals surface area contributed by atoms with Crippen LogP contribution in [-0.4, -0.2) is 60.4 Å². The molecule has 0 radical (unpaired) electrons. The Balaban J connectivity index is 6.59. The molecular weight excluding hydrogens is 473 g/mol. The lowest BCUT2D eigenvalue weighted by atomic mass is 9.85. The van der Waals surface area contributed by atoms with Crippen LogP contribution in [0.4, 0.5) is 65.9 Å². The van der Waals surface area contributed by atoms with Crippen LogP contribution >= 0.6 is 0 Å². The first-order valence-corrected chi connectivity index (χ1v) is 7.60. The van der Waals surface area contributed by atoms with Crippen molar-refractivity contribution in [3.05, 3.63) is 0 Å². The van der Waals surface area contributed by atoms with Crippen LogP contribution in [-0.2, 0) is 10.1 Å². The molecule has 0 aromatic heterocycles. The van der Waals surface area contributed by atoms with Crippen LogP contribution in [0.2, 0.25) is 0 Å². The highest BCUT2D eigenvalue weighted by Gasteiger charge is 2.95. The van der Waals surface area contributed by atoms with E-state index in [1.54, 1.807) is 0 Å². The molecule has 0 aliphatic rings. The first kappa shape index (κ1) is 26.9. The van der Waals surface area contributed by atoms with Crippen molar-refractivity contribution in [3.63, 3.8) is 0 Å². The van der Waals surface area contributed by atoms with E-state index < -0.39 is 64.0 Å². The van der Waals surface area contributed by atoms with Gasteiger partial charge < -0.3 is 0 Å². The molecule has 170 valence electrons. The fourth-order valence-corrected chi connectivity index (χ4v) is 2.09. The van der Waals surface area contributed by atoms with Crippen LogP contribution in [0.1, 0.15) is 6.42 Å². The summed E-state index contributed by atoms with van der Waals surface area (Å²) in [6, 6.07) is 0. The van der Waals surface area contributed by atoms with Gasteiger partial charge in [-0.05, 0) is 0 Å². The predicted molar refractivity (Wildman–Crippen MR) is 56.8 cm³/mol. The maximum Gasteiger partial charge on any atom is 0.438 e. The zero-order valence-corrected chi connectivity index (χ0v) is 13.1. The van der Waals surface area contributed by atoms with E-state index in [1.807, 2.05) is 0 Å². The van der Waals surface area contributed by atoms with Gasteiger partial charge in [-0.1, -0.05) is 0 Å². The maximum atomic E-state index is 13.2. The van der Waals surface area contributed by atoms with E-state index in [9.17, 15) is 74.3 Å². The number of hydrogen-bond acceptors (Lipinski definition) is 2. The molecule has 0 aromatic rings. The van der Waals surface area contributed by atoms with E-state index in [4.69, 9.17) is 4.55 Å². The van der Waals surface area contributed by atoms with Crippen LogP contribution in [0.15, 0.2) is 0 Å². The van der Waals surface area contributed by atoms with E-state index in [2.05, 4.69) is 0 Å². The monoisotopic (exact) mass is 478 g/mol. The minimum atomic E-state index is -8.55. The van der Waals surface area contributed by atoms with E-state index >= 15 is 0 Å². The quantitative estimate of drug-likeness (QED) is 0.429. The summed E-state index contributed by atoms with van der Waals surface area (Å²) in [4.78, 5) is 0. The highest BCUT2D eigenvalue weighted by molar-refractivity contribution is 7.85. The van der Waals surface area contributed by atoms with Crippen molar-refractivity contribution in [2.24, 2.45) is 0 Å². The second kappa shape index (κ2) is 6.69. The van der Waals surface area contributed by atoms with Crippen LogP contribution in [0.5, 0.6) is 0 Å². The molecule has 19 heteroatoms. The lowest BCUT2D eigenvalue weighted by molar-refractivity contribution is -0.457. The number of rotatable bonds is 7. The highest BCUT2D eigenvalue weighted by Crippen LogP contribution is 2.64. The molecule has 0 atom stereocenters. The summed E-state index contributed by atoms with van der Waals surface area (Å²) in [5, 5.41) is 0. The average Bonchev–Trinajstić information content (AvgIpc) is 2.40. The minimum absolute atomic E-state index is 2.55. The van der Waals surface area contributed by atoms with Gasteiger partial charge in [-0.2, -0.15) is 69.9 Å². The van der Waals surface area contributed by atoms with Crippen molar-refractivity contribution < 1.29 is 78.8 Å². The van der Waals surface area contributed by atoms with Crippen molar-refractivity contribution >= 4 is 10.1 Å². The van der Waals surface area contributed by atoms with Crippen LogP contribution in [0.25, 0.3) is 0 Å². The summed E-state index contributed by atoms with van der Waals surface area (Å²) in [5.41, 5.74) is -8.40. The van der Waals surface area contributed by atoms with Crippen molar-refractivity contribution in [1.29, 1.82) is 0 Å². The lowest BCUT2D eigenvalue weighted by Gasteiger charge is -2.43. The predicted octanol–water partition coefficient (Wildman–Crippen LogP) is 4.64. The summed E-state index contributed by atoms with van der Waals surface area (Å²) >= 11 is 0. The van der Waals surface area contributed by atoms with E-state index in [-0.39, 0.29) is 0 Å². The van der Waals surface area contributed by atoms with Gasteiger partial charge in [0.2, 0.25) is 0 Å². The lowest BCUT2D eigenvalue weighted by Crippen LogP contribution is -2.75. The van der Waals surface area contributed by atoms with Crippen molar-refractivity contribution in [3.8, 4) is 0 Å². The van der Waals surface area contributed by atoms with Crippen molar-refractivity contribution in [2.45, 2.75) is 48.1 Å². The summed E-state index contributed by atoms with van der Waals surface area (Å²) in [6.45, 7) is 0. The molecule has 0 aromatic carbocycles. The van der Waals surface area contributed by atoms with Gasteiger partial charge in [-0.3, -0.25) is 4.55 Å². The molecule has 0 unspecified atom stereocenters. The van der Waals surface area contributed by atoms with Gasteiger partial charge in [0.05, 0.1) is 5.75 Å². The third kappa shape index (κ3) is 3.95. The van der Waals surface area contributed by atoms with Crippen LogP contribution < -0.4 is 0 Å². The van der Waals surface area contributed by atoms with Gasteiger partial charge in [-0.25, -0.2) is 4.39 Å². The molecule has 0 saturated heterocycles. The number of hydrogen-bond donors (Lipinski definition) is 1. The molecule has 0 amide bonds. The molecule has 0 spiro atoms. The third-order valence-electron chi connectivity index (χ3n) is 3.14. The Labute approximate surface area is 144 Å². The fraction of sp³-hybridized carbons (Fsp3) is 1.00. The molecular formula is C9H5F15O3S. The second-order valence-corrected chi connectivity index (χ2v) is 6.69. The molecule has 3 nitrogen and oxygen atoms in total. The number of alkyl halides is 15. The summed E-state index contributed by atoms with van der Waals surface area (Å²) in [6.07, 6.45) is -19.2. The van der Waals surface area contributed by atoms with Crippen molar-refractivity contribution in [1.82, 2.24) is 0 Å². The smallest absolute Gasteiger partial charge is 0.286 e. The summed E-state index contributed by atoms with van der Waals surface area (Å²) < 4.78 is 220. The van der Waals surface area contributed by atoms with Crippen LogP contribution in [0.3, 0.4) is 0 Å². The second-order valence-electron chi connectivity index (χ2n) is 5.12. The SMILES string of the molecule is O=S(=O)(O)CCC(F)(F)C(F)(F)C(F)(F)C(F)(F)C(F)(C(F)(F)F)C(F)(F)F.